The molecule has 1 atom stereocenters. The Morgan fingerprint density at radius 1 is 1.24 bits per heavy atom. The number of ketones is 1. The summed E-state index contributed by atoms with van der Waals surface area (Å²) in [5.74, 6) is -1.83. The lowest BCUT2D eigenvalue weighted by molar-refractivity contribution is -0.153. The number of carbonyl (C=O) groups is 3. The summed E-state index contributed by atoms with van der Waals surface area (Å²) < 4.78 is 4.97. The van der Waals surface area contributed by atoms with E-state index in [4.69, 9.17) is 9.84 Å². The van der Waals surface area contributed by atoms with Gasteiger partial charge in [0.05, 0.1) is 6.04 Å². The molecule has 21 heavy (non-hydrogen) atoms. The average Bonchev–Trinajstić information content (AvgIpc) is 2.45. The molecule has 2 N–H and O–H groups in total. The van der Waals surface area contributed by atoms with Crippen molar-refractivity contribution in [3.63, 3.8) is 0 Å². The van der Waals surface area contributed by atoms with Gasteiger partial charge in [-0.25, -0.2) is 4.79 Å². The number of ether oxygens (including phenoxy) is 1. The molecule has 1 aromatic rings. The summed E-state index contributed by atoms with van der Waals surface area (Å²) in [6, 6.07) is 8.14. The summed E-state index contributed by atoms with van der Waals surface area (Å²) >= 11 is 0. The van der Waals surface area contributed by atoms with Gasteiger partial charge in [-0.1, -0.05) is 30.3 Å². The maximum Gasteiger partial charge on any atom is 0.408 e. The normalized spacial score (nSPS) is 12.3. The van der Waals surface area contributed by atoms with Crippen molar-refractivity contribution in [1.82, 2.24) is 5.32 Å². The zero-order valence-electron chi connectivity index (χ0n) is 12.3. The Hall–Kier alpha value is -2.37. The van der Waals surface area contributed by atoms with Gasteiger partial charge in [-0.3, -0.25) is 9.59 Å². The lowest BCUT2D eigenvalue weighted by Crippen LogP contribution is -2.47. The van der Waals surface area contributed by atoms with Crippen LogP contribution in [0.25, 0.3) is 0 Å². The maximum atomic E-state index is 12.0. The van der Waals surface area contributed by atoms with Crippen molar-refractivity contribution in [2.75, 3.05) is 0 Å². The van der Waals surface area contributed by atoms with Crippen molar-refractivity contribution in [3.05, 3.63) is 35.9 Å². The zero-order chi connectivity index (χ0) is 16.0. The molecule has 1 rings (SSSR count). The fraction of sp³-hybridized carbons (Fsp3) is 0.400. The molecule has 0 aliphatic carbocycles. The SMILES string of the molecule is CC(NC(=O)OCc1ccccc1)C(=O)C(C)(C)C(=O)O. The Morgan fingerprint density at radius 2 is 1.81 bits per heavy atom. The topological polar surface area (TPSA) is 92.7 Å². The summed E-state index contributed by atoms with van der Waals surface area (Å²) in [7, 11) is 0. The van der Waals surface area contributed by atoms with E-state index in [2.05, 4.69) is 5.32 Å². The highest BCUT2D eigenvalue weighted by molar-refractivity contribution is 6.05. The number of benzene rings is 1. The molecule has 6 nitrogen and oxygen atoms in total. The van der Waals surface area contributed by atoms with Crippen LogP contribution in [-0.2, 0) is 20.9 Å². The molecule has 0 aliphatic rings. The average molecular weight is 293 g/mol. The van der Waals surface area contributed by atoms with E-state index >= 15 is 0 Å². The summed E-state index contributed by atoms with van der Waals surface area (Å²) in [6.45, 7) is 4.10. The first-order valence-electron chi connectivity index (χ1n) is 6.50. The molecule has 114 valence electrons. The molecule has 1 unspecified atom stereocenters. The summed E-state index contributed by atoms with van der Waals surface area (Å²) in [4.78, 5) is 34.6. The number of nitrogens with one attached hydrogen (secondary N) is 1. The van der Waals surface area contributed by atoms with Crippen LogP contribution in [0.15, 0.2) is 30.3 Å². The summed E-state index contributed by atoms with van der Waals surface area (Å²) in [5, 5.41) is 11.3. The van der Waals surface area contributed by atoms with Gasteiger partial charge in [0.1, 0.15) is 12.0 Å². The van der Waals surface area contributed by atoms with Gasteiger partial charge >= 0.3 is 12.1 Å². The third-order valence-corrected chi connectivity index (χ3v) is 3.09. The van der Waals surface area contributed by atoms with E-state index in [1.807, 2.05) is 18.2 Å². The number of carboxylic acids is 1. The minimum absolute atomic E-state index is 0.0793. The number of aliphatic carboxylic acids is 1. The van der Waals surface area contributed by atoms with Crippen molar-refractivity contribution in [3.8, 4) is 0 Å². The Balaban J connectivity index is 2.51. The molecule has 0 aliphatic heterocycles. The van der Waals surface area contributed by atoms with Crippen LogP contribution in [-0.4, -0.2) is 29.0 Å². The van der Waals surface area contributed by atoms with Crippen molar-refractivity contribution in [2.45, 2.75) is 33.4 Å². The lowest BCUT2D eigenvalue weighted by atomic mass is 9.85. The molecule has 6 heteroatoms. The van der Waals surface area contributed by atoms with E-state index < -0.39 is 29.3 Å². The largest absolute Gasteiger partial charge is 0.481 e. The molecule has 0 spiro atoms. The van der Waals surface area contributed by atoms with Crippen molar-refractivity contribution < 1.29 is 24.2 Å². The van der Waals surface area contributed by atoms with Crippen LogP contribution in [0.2, 0.25) is 0 Å². The Bertz CT molecular complexity index is 524. The van der Waals surface area contributed by atoms with Gasteiger partial charge in [-0.15, -0.1) is 0 Å². The number of carboxylic acid groups (broad SMARTS) is 1. The number of hydrogen-bond acceptors (Lipinski definition) is 4. The number of hydrogen-bond donors (Lipinski definition) is 2. The molecule has 0 saturated carbocycles. The van der Waals surface area contributed by atoms with E-state index in [-0.39, 0.29) is 6.61 Å². The molecule has 0 heterocycles. The second-order valence-electron chi connectivity index (χ2n) is 5.22. The second kappa shape index (κ2) is 6.88. The van der Waals surface area contributed by atoms with Gasteiger partial charge in [-0.05, 0) is 26.3 Å². The third kappa shape index (κ3) is 4.59. The molecule has 1 amide bonds. The molecule has 1 aromatic carbocycles. The number of Topliss-reactive ketones (excluding diaryl/α,β-unsaturated/α-hetero) is 1. The highest BCUT2D eigenvalue weighted by Crippen LogP contribution is 2.18. The van der Waals surface area contributed by atoms with Crippen molar-refractivity contribution in [1.29, 1.82) is 0 Å². The highest BCUT2D eigenvalue weighted by atomic mass is 16.5. The van der Waals surface area contributed by atoms with Gasteiger partial charge in [0.2, 0.25) is 0 Å². The van der Waals surface area contributed by atoms with Crippen LogP contribution in [0.1, 0.15) is 26.3 Å². The summed E-state index contributed by atoms with van der Waals surface area (Å²) in [5.41, 5.74) is -0.746. The molecule has 0 radical (unpaired) electrons. The monoisotopic (exact) mass is 293 g/mol. The van der Waals surface area contributed by atoms with E-state index in [0.29, 0.717) is 0 Å². The van der Waals surface area contributed by atoms with Gasteiger partial charge < -0.3 is 15.2 Å². The van der Waals surface area contributed by atoms with Crippen LogP contribution in [0, 0.1) is 5.41 Å². The number of alkyl carbamates (subject to hydrolysis) is 1. The van der Waals surface area contributed by atoms with Crippen LogP contribution < -0.4 is 5.32 Å². The van der Waals surface area contributed by atoms with Gasteiger partial charge in [0.15, 0.2) is 5.78 Å². The van der Waals surface area contributed by atoms with Gasteiger partial charge in [0, 0.05) is 0 Å². The van der Waals surface area contributed by atoms with E-state index in [9.17, 15) is 14.4 Å². The van der Waals surface area contributed by atoms with Crippen LogP contribution in [0.3, 0.4) is 0 Å². The smallest absolute Gasteiger partial charge is 0.408 e. The fourth-order valence-electron chi connectivity index (χ4n) is 1.65. The number of rotatable bonds is 6. The van der Waals surface area contributed by atoms with Crippen molar-refractivity contribution >= 4 is 17.8 Å². The lowest BCUT2D eigenvalue weighted by Gasteiger charge is -2.22. The number of amides is 1. The predicted octanol–water partition coefficient (Wildman–Crippen LogP) is 1.98. The number of carbonyl (C=O) groups excluding carboxylic acids is 2. The molecule has 0 saturated heterocycles. The first kappa shape index (κ1) is 16.7. The molecule has 0 bridgehead atoms. The van der Waals surface area contributed by atoms with Gasteiger partial charge in [-0.2, -0.15) is 0 Å². The van der Waals surface area contributed by atoms with E-state index in [1.165, 1.54) is 20.8 Å². The minimum Gasteiger partial charge on any atom is -0.481 e. The standard InChI is InChI=1S/C15H19NO5/c1-10(12(17)15(2,3)13(18)19)16-14(20)21-9-11-7-5-4-6-8-11/h4-8,10H,9H2,1-3H3,(H,16,20)(H,18,19). The molecular weight excluding hydrogens is 274 g/mol. The fourth-order valence-corrected chi connectivity index (χ4v) is 1.65. The third-order valence-electron chi connectivity index (χ3n) is 3.09. The zero-order valence-corrected chi connectivity index (χ0v) is 12.3. The predicted molar refractivity (Wildman–Crippen MR) is 75.6 cm³/mol. The summed E-state index contributed by atoms with van der Waals surface area (Å²) in [6.07, 6.45) is -0.763. The highest BCUT2D eigenvalue weighted by Gasteiger charge is 2.39. The second-order valence-corrected chi connectivity index (χ2v) is 5.22. The Kier molecular flexibility index (Phi) is 5.46. The Morgan fingerprint density at radius 3 is 2.33 bits per heavy atom. The molecular formula is C15H19NO5. The van der Waals surface area contributed by atoms with Crippen LogP contribution in [0.5, 0.6) is 0 Å². The van der Waals surface area contributed by atoms with E-state index in [0.717, 1.165) is 5.56 Å². The van der Waals surface area contributed by atoms with E-state index in [1.54, 1.807) is 12.1 Å². The molecule has 0 aromatic heterocycles. The van der Waals surface area contributed by atoms with Gasteiger partial charge in [0.25, 0.3) is 0 Å². The quantitative estimate of drug-likeness (QED) is 0.782. The van der Waals surface area contributed by atoms with Crippen molar-refractivity contribution in [2.24, 2.45) is 5.41 Å². The first-order chi connectivity index (χ1) is 9.75. The maximum absolute atomic E-state index is 12.0. The molecule has 0 fully saturated rings. The Labute approximate surface area is 123 Å². The van der Waals surface area contributed by atoms with Crippen LogP contribution in [0.4, 0.5) is 4.79 Å². The van der Waals surface area contributed by atoms with Crippen LogP contribution >= 0.6 is 0 Å². The first-order valence-corrected chi connectivity index (χ1v) is 6.50. The minimum atomic E-state index is -1.56.